The predicted octanol–water partition coefficient (Wildman–Crippen LogP) is 15.7. The van der Waals surface area contributed by atoms with E-state index in [1.54, 1.807) is 0 Å². The van der Waals surface area contributed by atoms with Crippen molar-refractivity contribution in [1.82, 2.24) is 0 Å². The topological polar surface area (TPSA) is 27.7 Å². The summed E-state index contributed by atoms with van der Waals surface area (Å²) in [7, 11) is 0. The van der Waals surface area contributed by atoms with Gasteiger partial charge in [-0.25, -0.2) is 0 Å². The summed E-state index contributed by atoms with van der Waals surface area (Å²) in [6, 6.07) is 0. The van der Waals surface area contributed by atoms with E-state index in [1.807, 2.05) is 0 Å². The molecule has 0 aliphatic heterocycles. The lowest BCUT2D eigenvalue weighted by molar-refractivity contribution is -0.248. The van der Waals surface area contributed by atoms with Gasteiger partial charge in [0, 0.05) is 26.1 Å². The molecular formula is C46H86O3. The van der Waals surface area contributed by atoms with Crippen molar-refractivity contribution >= 4 is 0 Å². The van der Waals surface area contributed by atoms with Gasteiger partial charge in [0.05, 0.1) is 0 Å². The summed E-state index contributed by atoms with van der Waals surface area (Å²) in [5.41, 5.74) is 0. The predicted molar refractivity (Wildman–Crippen MR) is 218 cm³/mol. The Kier molecular flexibility index (Phi) is 42.0. The number of ether oxygens (including phenoxy) is 3. The number of rotatable bonds is 40. The minimum absolute atomic E-state index is 0.189. The second kappa shape index (κ2) is 43.0. The van der Waals surface area contributed by atoms with Crippen LogP contribution in [-0.4, -0.2) is 25.8 Å². The minimum atomic E-state index is -0.189. The molecule has 0 bridgehead atoms. The van der Waals surface area contributed by atoms with Gasteiger partial charge in [-0.2, -0.15) is 0 Å². The Morgan fingerprint density at radius 1 is 0.306 bits per heavy atom. The molecule has 2 atom stereocenters. The average molecular weight is 687 g/mol. The Labute approximate surface area is 308 Å². The van der Waals surface area contributed by atoms with Crippen LogP contribution in [0.25, 0.3) is 0 Å². The van der Waals surface area contributed by atoms with Crippen molar-refractivity contribution in [2.45, 2.75) is 233 Å². The first kappa shape index (κ1) is 47.8. The maximum Gasteiger partial charge on any atom is 0.161 e. The fourth-order valence-corrected chi connectivity index (χ4v) is 5.78. The zero-order valence-corrected chi connectivity index (χ0v) is 33.6. The Morgan fingerprint density at radius 3 is 0.878 bits per heavy atom. The number of unbranched alkanes of at least 4 members (excludes halogenated alkanes) is 20. The highest BCUT2D eigenvalue weighted by Gasteiger charge is 2.17. The molecule has 3 nitrogen and oxygen atoms in total. The van der Waals surface area contributed by atoms with Crippen molar-refractivity contribution in [3.8, 4) is 0 Å². The van der Waals surface area contributed by atoms with E-state index in [1.165, 1.54) is 141 Å². The largest absolute Gasteiger partial charge is 0.353 e. The molecule has 3 heteroatoms. The van der Waals surface area contributed by atoms with Gasteiger partial charge in [0.1, 0.15) is 0 Å². The van der Waals surface area contributed by atoms with Crippen molar-refractivity contribution in [3.05, 3.63) is 48.6 Å². The first-order valence-electron chi connectivity index (χ1n) is 21.8. The monoisotopic (exact) mass is 687 g/mol. The molecular weight excluding hydrogens is 601 g/mol. The van der Waals surface area contributed by atoms with E-state index < -0.39 is 0 Å². The smallest absolute Gasteiger partial charge is 0.161 e. The zero-order valence-electron chi connectivity index (χ0n) is 33.6. The molecule has 0 radical (unpaired) electrons. The number of hydrogen-bond donors (Lipinski definition) is 0. The van der Waals surface area contributed by atoms with Crippen LogP contribution in [0.5, 0.6) is 0 Å². The lowest BCUT2D eigenvalue weighted by Gasteiger charge is -2.25. The summed E-state index contributed by atoms with van der Waals surface area (Å²) >= 11 is 0. The molecule has 0 saturated heterocycles. The van der Waals surface area contributed by atoms with Crippen LogP contribution in [0.4, 0.5) is 0 Å². The second-order valence-corrected chi connectivity index (χ2v) is 14.2. The third-order valence-electron chi connectivity index (χ3n) is 9.14. The highest BCUT2D eigenvalue weighted by atomic mass is 16.8. The van der Waals surface area contributed by atoms with E-state index in [9.17, 15) is 0 Å². The standard InChI is InChI=1S/C46H86O3/c1-5-9-13-15-17-19-21-23-25-27-29-31-33-35-37-39-41-45(47-43-11-7-3)49-46(48-44-12-8-4)42-40-38-36-34-32-30-28-26-24-22-20-18-16-14-10-6-2/h15-18,35-38,45-46H,5-14,19-34,39-44H2,1-4H3/b17-15+,18-16+,37-35-,38-36-. The van der Waals surface area contributed by atoms with Crippen molar-refractivity contribution < 1.29 is 14.2 Å². The van der Waals surface area contributed by atoms with Gasteiger partial charge in [-0.3, -0.25) is 0 Å². The van der Waals surface area contributed by atoms with Gasteiger partial charge in [0.25, 0.3) is 0 Å². The molecule has 0 N–H and O–H groups in total. The maximum absolute atomic E-state index is 6.47. The van der Waals surface area contributed by atoms with Crippen molar-refractivity contribution in [3.63, 3.8) is 0 Å². The molecule has 0 spiro atoms. The molecule has 0 aromatic rings. The minimum Gasteiger partial charge on any atom is -0.353 e. The molecule has 2 unspecified atom stereocenters. The molecule has 0 fully saturated rings. The van der Waals surface area contributed by atoms with Crippen LogP contribution in [0.15, 0.2) is 48.6 Å². The van der Waals surface area contributed by atoms with E-state index >= 15 is 0 Å². The summed E-state index contributed by atoms with van der Waals surface area (Å²) in [4.78, 5) is 0. The van der Waals surface area contributed by atoms with Gasteiger partial charge in [0.2, 0.25) is 0 Å². The summed E-state index contributed by atoms with van der Waals surface area (Å²) in [5, 5.41) is 0. The quantitative estimate of drug-likeness (QED) is 0.0365. The first-order chi connectivity index (χ1) is 24.3. The second-order valence-electron chi connectivity index (χ2n) is 14.2. The summed E-state index contributed by atoms with van der Waals surface area (Å²) < 4.78 is 18.9. The zero-order chi connectivity index (χ0) is 35.6. The summed E-state index contributed by atoms with van der Waals surface area (Å²) in [5.74, 6) is 0. The Morgan fingerprint density at radius 2 is 0.571 bits per heavy atom. The SMILES string of the molecule is CCCC/C=C/CCCCCCCC/C=C\CCC(OCCCC)OC(CC/C=C\CCCCCCCC/C=C/CCCC)OCCCC. The molecule has 0 aliphatic rings. The highest BCUT2D eigenvalue weighted by molar-refractivity contribution is 4.84. The molecule has 0 aromatic heterocycles. The third-order valence-corrected chi connectivity index (χ3v) is 9.14. The normalized spacial score (nSPS) is 13.6. The Bertz CT molecular complexity index is 664. The van der Waals surface area contributed by atoms with E-state index in [-0.39, 0.29) is 12.6 Å². The van der Waals surface area contributed by atoms with Gasteiger partial charge in [-0.1, -0.05) is 166 Å². The van der Waals surface area contributed by atoms with E-state index in [0.29, 0.717) is 0 Å². The molecule has 0 heterocycles. The van der Waals surface area contributed by atoms with Crippen molar-refractivity contribution in [2.75, 3.05) is 13.2 Å². The van der Waals surface area contributed by atoms with Crippen LogP contribution in [0.1, 0.15) is 220 Å². The average Bonchev–Trinajstić information content (AvgIpc) is 3.11. The molecule has 0 aromatic carbocycles. The Balaban J connectivity index is 4.24. The van der Waals surface area contributed by atoms with Crippen LogP contribution in [-0.2, 0) is 14.2 Å². The fraction of sp³-hybridized carbons (Fsp3) is 0.826. The van der Waals surface area contributed by atoms with Crippen LogP contribution < -0.4 is 0 Å². The van der Waals surface area contributed by atoms with E-state index in [2.05, 4.69) is 76.3 Å². The Hall–Kier alpha value is -1.16. The maximum atomic E-state index is 6.47. The van der Waals surface area contributed by atoms with Crippen LogP contribution in [0.3, 0.4) is 0 Å². The summed E-state index contributed by atoms with van der Waals surface area (Å²) in [6.07, 6.45) is 55.8. The molecule has 288 valence electrons. The lowest BCUT2D eigenvalue weighted by Crippen LogP contribution is -2.27. The van der Waals surface area contributed by atoms with Crippen molar-refractivity contribution in [1.29, 1.82) is 0 Å². The molecule has 49 heavy (non-hydrogen) atoms. The fourth-order valence-electron chi connectivity index (χ4n) is 5.78. The van der Waals surface area contributed by atoms with E-state index in [0.717, 1.165) is 64.6 Å². The van der Waals surface area contributed by atoms with Gasteiger partial charge in [0.15, 0.2) is 12.6 Å². The van der Waals surface area contributed by atoms with Gasteiger partial charge < -0.3 is 14.2 Å². The van der Waals surface area contributed by atoms with Crippen LogP contribution in [0, 0.1) is 0 Å². The van der Waals surface area contributed by atoms with Crippen molar-refractivity contribution in [2.24, 2.45) is 0 Å². The lowest BCUT2D eigenvalue weighted by atomic mass is 10.1. The highest BCUT2D eigenvalue weighted by Crippen LogP contribution is 2.17. The first-order valence-corrected chi connectivity index (χ1v) is 21.8. The third kappa shape index (κ3) is 39.5. The summed E-state index contributed by atoms with van der Waals surface area (Å²) in [6.45, 7) is 10.5. The van der Waals surface area contributed by atoms with Crippen LogP contribution >= 0.6 is 0 Å². The molecule has 0 saturated carbocycles. The number of hydrogen-bond acceptors (Lipinski definition) is 3. The molecule has 0 amide bonds. The molecule has 0 aliphatic carbocycles. The van der Waals surface area contributed by atoms with Gasteiger partial charge in [-0.15, -0.1) is 0 Å². The van der Waals surface area contributed by atoms with Crippen LogP contribution in [0.2, 0.25) is 0 Å². The van der Waals surface area contributed by atoms with E-state index in [4.69, 9.17) is 14.2 Å². The van der Waals surface area contributed by atoms with Gasteiger partial charge >= 0.3 is 0 Å². The number of allylic oxidation sites excluding steroid dienone is 8. The van der Waals surface area contributed by atoms with Gasteiger partial charge in [-0.05, 0) is 89.9 Å². The molecule has 0 rings (SSSR count).